The van der Waals surface area contributed by atoms with Gasteiger partial charge in [-0.05, 0) is 45.9 Å². The Bertz CT molecular complexity index is 1180. The van der Waals surface area contributed by atoms with Crippen LogP contribution in [0.1, 0.15) is 31.9 Å². The molecule has 196 valence electrons. The number of ether oxygens (including phenoxy) is 3. The zero-order chi connectivity index (χ0) is 26.3. The first-order valence-electron chi connectivity index (χ1n) is 11.5. The van der Waals surface area contributed by atoms with E-state index in [0.717, 1.165) is 11.1 Å². The van der Waals surface area contributed by atoms with Crippen molar-refractivity contribution in [2.24, 2.45) is 5.10 Å². The van der Waals surface area contributed by atoms with E-state index in [2.05, 4.69) is 10.1 Å². The minimum atomic E-state index is -3.38. The predicted molar refractivity (Wildman–Crippen MR) is 138 cm³/mol. The highest BCUT2D eigenvalue weighted by Gasteiger charge is 2.32. The molecule has 9 nitrogen and oxygen atoms in total. The van der Waals surface area contributed by atoms with Crippen LogP contribution in [0.4, 0.5) is 0 Å². The Morgan fingerprint density at radius 1 is 1.06 bits per heavy atom. The summed E-state index contributed by atoms with van der Waals surface area (Å²) in [6.07, 6.45) is 2.01. The van der Waals surface area contributed by atoms with E-state index >= 15 is 0 Å². The highest BCUT2D eigenvalue weighted by atomic mass is 35.5. The summed E-state index contributed by atoms with van der Waals surface area (Å²) in [7, 11) is -3.38. The van der Waals surface area contributed by atoms with Crippen LogP contribution in [0, 0.1) is 6.92 Å². The van der Waals surface area contributed by atoms with Gasteiger partial charge in [0.15, 0.2) is 21.8 Å². The molecule has 0 saturated carbocycles. The van der Waals surface area contributed by atoms with Crippen molar-refractivity contribution in [1.29, 1.82) is 0 Å². The van der Waals surface area contributed by atoms with Gasteiger partial charge in [-0.2, -0.15) is 5.10 Å². The Hall–Kier alpha value is -2.66. The molecule has 36 heavy (non-hydrogen) atoms. The van der Waals surface area contributed by atoms with Crippen LogP contribution in [0.15, 0.2) is 63.4 Å². The van der Waals surface area contributed by atoms with Gasteiger partial charge >= 0.3 is 0 Å². The summed E-state index contributed by atoms with van der Waals surface area (Å²) in [4.78, 5) is 4.52. The lowest BCUT2D eigenvalue weighted by Gasteiger charge is -2.38. The zero-order valence-corrected chi connectivity index (χ0v) is 22.4. The Morgan fingerprint density at radius 3 is 2.42 bits per heavy atom. The second-order valence-corrected chi connectivity index (χ2v) is 11.7. The van der Waals surface area contributed by atoms with Crippen molar-refractivity contribution < 1.29 is 27.7 Å². The van der Waals surface area contributed by atoms with Gasteiger partial charge in [-0.1, -0.05) is 29.3 Å². The van der Waals surface area contributed by atoms with Gasteiger partial charge < -0.3 is 19.3 Å². The number of hydrogen-bond donors (Lipinski definition) is 1. The summed E-state index contributed by atoms with van der Waals surface area (Å²) in [6, 6.07) is 10.2. The maximum atomic E-state index is 12.3. The molecule has 2 heterocycles. The normalized spacial score (nSPS) is 16.4. The van der Waals surface area contributed by atoms with Gasteiger partial charge in [0.1, 0.15) is 18.2 Å². The highest BCUT2D eigenvalue weighted by Crippen LogP contribution is 2.28. The number of aromatic nitrogens is 1. The number of sulfone groups is 1. The quantitative estimate of drug-likeness (QED) is 0.432. The van der Waals surface area contributed by atoms with Crippen LogP contribution in [-0.2, 0) is 25.9 Å². The number of hydrazone groups is 1. The molecule has 3 rings (SSSR count). The van der Waals surface area contributed by atoms with Gasteiger partial charge in [0.25, 0.3) is 0 Å². The zero-order valence-electron chi connectivity index (χ0n) is 20.8. The molecule has 2 aromatic rings. The minimum absolute atomic E-state index is 0.0766. The first-order valence-corrected chi connectivity index (χ1v) is 13.5. The standard InChI is InChI=1S/C25H32ClN3O6S/c1-18-5-8-20(9-6-18)36(31,32)14-13-33-11-12-34-22-10-7-19(15-27-22)17-35-21-16-28-29(25(2,3)4)24(30)23(21)26/h5-10,15-16,24,30H,11-14,17H2,1-4H3. The topological polar surface area (TPSA) is 111 Å². The number of halogens is 1. The molecule has 1 N–H and O–H groups in total. The number of rotatable bonds is 11. The molecular formula is C25H32ClN3O6S. The third kappa shape index (κ3) is 7.67. The Kier molecular flexibility index (Phi) is 9.35. The molecule has 1 unspecified atom stereocenters. The number of pyridine rings is 1. The molecule has 0 fully saturated rings. The smallest absolute Gasteiger partial charge is 0.213 e. The van der Waals surface area contributed by atoms with Crippen LogP contribution < -0.4 is 4.74 Å². The van der Waals surface area contributed by atoms with Gasteiger partial charge in [0.05, 0.1) is 35.6 Å². The lowest BCUT2D eigenvalue weighted by Crippen LogP contribution is -2.46. The molecule has 1 aromatic heterocycles. The van der Waals surface area contributed by atoms with E-state index in [1.807, 2.05) is 27.7 Å². The van der Waals surface area contributed by atoms with Crippen LogP contribution in [0.5, 0.6) is 5.88 Å². The number of hydrogen-bond acceptors (Lipinski definition) is 9. The Balaban J connectivity index is 1.37. The monoisotopic (exact) mass is 537 g/mol. The van der Waals surface area contributed by atoms with Gasteiger partial charge in [-0.15, -0.1) is 0 Å². The van der Waals surface area contributed by atoms with E-state index in [9.17, 15) is 13.5 Å². The van der Waals surface area contributed by atoms with Crippen molar-refractivity contribution >= 4 is 27.7 Å². The molecule has 1 atom stereocenters. The molecule has 0 radical (unpaired) electrons. The van der Waals surface area contributed by atoms with Crippen LogP contribution in [-0.4, -0.2) is 67.1 Å². The summed E-state index contributed by atoms with van der Waals surface area (Å²) in [5.74, 6) is 0.605. The average Bonchev–Trinajstić information content (AvgIpc) is 2.82. The van der Waals surface area contributed by atoms with E-state index in [1.165, 1.54) is 11.2 Å². The summed E-state index contributed by atoms with van der Waals surface area (Å²) in [5.41, 5.74) is 1.38. The molecular weight excluding hydrogens is 506 g/mol. The van der Waals surface area contributed by atoms with Crippen molar-refractivity contribution in [3.63, 3.8) is 0 Å². The van der Waals surface area contributed by atoms with Crippen molar-refractivity contribution in [2.45, 2.75) is 51.0 Å². The van der Waals surface area contributed by atoms with Crippen LogP contribution in [0.3, 0.4) is 0 Å². The summed E-state index contributed by atoms with van der Waals surface area (Å²) in [6.45, 7) is 8.39. The molecule has 0 spiro atoms. The molecule has 1 aromatic carbocycles. The van der Waals surface area contributed by atoms with E-state index in [-0.39, 0.29) is 37.2 Å². The van der Waals surface area contributed by atoms with Gasteiger partial charge in [-0.25, -0.2) is 13.4 Å². The number of nitrogens with zero attached hydrogens (tertiary/aromatic N) is 3. The fraction of sp³-hybridized carbons (Fsp3) is 0.440. The first kappa shape index (κ1) is 27.9. The van der Waals surface area contributed by atoms with E-state index < -0.39 is 21.6 Å². The van der Waals surface area contributed by atoms with Crippen molar-refractivity contribution in [3.05, 3.63) is 64.5 Å². The summed E-state index contributed by atoms with van der Waals surface area (Å²) in [5, 5.41) is 16.3. The third-order valence-corrected chi connectivity index (χ3v) is 7.30. The maximum absolute atomic E-state index is 12.3. The van der Waals surface area contributed by atoms with Crippen LogP contribution >= 0.6 is 11.6 Å². The predicted octanol–water partition coefficient (Wildman–Crippen LogP) is 3.64. The van der Waals surface area contributed by atoms with Crippen LogP contribution in [0.2, 0.25) is 0 Å². The summed E-state index contributed by atoms with van der Waals surface area (Å²) >= 11 is 6.27. The second-order valence-electron chi connectivity index (χ2n) is 9.23. The number of benzene rings is 1. The van der Waals surface area contributed by atoms with E-state index in [4.69, 9.17) is 25.8 Å². The average molecular weight is 538 g/mol. The van der Waals surface area contributed by atoms with Crippen molar-refractivity contribution in [1.82, 2.24) is 9.99 Å². The molecule has 0 saturated heterocycles. The second kappa shape index (κ2) is 12.1. The Morgan fingerprint density at radius 2 is 1.78 bits per heavy atom. The third-order valence-electron chi connectivity index (χ3n) is 5.23. The number of aliphatic hydroxyl groups is 1. The largest absolute Gasteiger partial charge is 0.486 e. The lowest BCUT2D eigenvalue weighted by molar-refractivity contribution is -0.0264. The molecule has 11 heteroatoms. The van der Waals surface area contributed by atoms with E-state index in [1.54, 1.807) is 42.6 Å². The number of allylic oxidation sites excluding steroid dienone is 1. The highest BCUT2D eigenvalue weighted by molar-refractivity contribution is 7.91. The minimum Gasteiger partial charge on any atom is -0.486 e. The fourth-order valence-electron chi connectivity index (χ4n) is 3.20. The molecule has 0 bridgehead atoms. The summed E-state index contributed by atoms with van der Waals surface area (Å²) < 4.78 is 41.3. The number of aliphatic hydroxyl groups excluding tert-OH is 1. The lowest BCUT2D eigenvalue weighted by atomic mass is 10.1. The fourth-order valence-corrected chi connectivity index (χ4v) is 4.52. The molecule has 1 aliphatic heterocycles. The van der Waals surface area contributed by atoms with Crippen molar-refractivity contribution in [3.8, 4) is 5.88 Å². The van der Waals surface area contributed by atoms with Gasteiger partial charge in [0, 0.05) is 17.8 Å². The molecule has 0 amide bonds. The SMILES string of the molecule is Cc1ccc(S(=O)(=O)CCOCCOc2ccc(COC3=C(Cl)C(O)N(C(C)(C)C)N=C3)cn2)cc1. The molecule has 1 aliphatic rings. The molecule has 0 aliphatic carbocycles. The van der Waals surface area contributed by atoms with Crippen LogP contribution in [0.25, 0.3) is 0 Å². The number of aryl methyl sites for hydroxylation is 1. The maximum Gasteiger partial charge on any atom is 0.213 e. The first-order chi connectivity index (χ1) is 17.0. The van der Waals surface area contributed by atoms with E-state index in [0.29, 0.717) is 16.5 Å². The van der Waals surface area contributed by atoms with Crippen molar-refractivity contribution in [2.75, 3.05) is 25.6 Å². The Labute approximate surface area is 217 Å². The van der Waals surface area contributed by atoms with Gasteiger partial charge in [0.2, 0.25) is 5.88 Å². The van der Waals surface area contributed by atoms with Gasteiger partial charge in [-0.3, -0.25) is 5.01 Å².